The molecule has 4 heteroatoms. The van der Waals surface area contributed by atoms with Crippen molar-refractivity contribution < 1.29 is 4.79 Å². The van der Waals surface area contributed by atoms with Crippen LogP contribution < -0.4 is 5.73 Å². The quantitative estimate of drug-likeness (QED) is 0.913. The van der Waals surface area contributed by atoms with Crippen LogP contribution in [0.3, 0.4) is 0 Å². The largest absolute Gasteiger partial charge is 0.341 e. The van der Waals surface area contributed by atoms with Crippen molar-refractivity contribution in [3.8, 4) is 0 Å². The number of nitrogens with zero attached hydrogens (tertiary/aromatic N) is 1. The lowest BCUT2D eigenvalue weighted by atomic mass is 10.1. The molecule has 0 radical (unpaired) electrons. The summed E-state index contributed by atoms with van der Waals surface area (Å²) in [6, 6.07) is 7.79. The molecule has 0 bridgehead atoms. The Bertz CT molecular complexity index is 418. The summed E-state index contributed by atoms with van der Waals surface area (Å²) in [5.41, 5.74) is 6.94. The molecule has 1 aromatic carbocycles. The van der Waals surface area contributed by atoms with E-state index in [0.717, 1.165) is 29.8 Å². The summed E-state index contributed by atoms with van der Waals surface area (Å²) < 4.78 is 0. The van der Waals surface area contributed by atoms with Crippen LogP contribution >= 0.6 is 11.6 Å². The van der Waals surface area contributed by atoms with E-state index in [1.807, 2.05) is 31.3 Å². The van der Waals surface area contributed by atoms with Crippen molar-refractivity contribution >= 4 is 17.5 Å². The van der Waals surface area contributed by atoms with E-state index >= 15 is 0 Å². The monoisotopic (exact) mass is 266 g/mol. The van der Waals surface area contributed by atoms with E-state index < -0.39 is 0 Å². The number of halogens is 1. The zero-order valence-electron chi connectivity index (χ0n) is 10.6. The van der Waals surface area contributed by atoms with Gasteiger partial charge in [0.1, 0.15) is 0 Å². The van der Waals surface area contributed by atoms with Gasteiger partial charge in [0.2, 0.25) is 5.91 Å². The maximum Gasteiger partial charge on any atom is 0.225 e. The Balaban J connectivity index is 1.93. The van der Waals surface area contributed by atoms with Gasteiger partial charge in [-0.3, -0.25) is 4.79 Å². The Kier molecular flexibility index (Phi) is 4.25. The molecule has 0 unspecified atom stereocenters. The highest BCUT2D eigenvalue weighted by molar-refractivity contribution is 6.30. The minimum absolute atomic E-state index is 0.109. The molecule has 1 saturated carbocycles. The van der Waals surface area contributed by atoms with Gasteiger partial charge in [0.25, 0.3) is 0 Å². The van der Waals surface area contributed by atoms with Gasteiger partial charge in [0, 0.05) is 30.6 Å². The second-order valence-corrected chi connectivity index (χ2v) is 5.53. The summed E-state index contributed by atoms with van der Waals surface area (Å²) >= 11 is 5.84. The lowest BCUT2D eigenvalue weighted by Gasteiger charge is -2.21. The number of amides is 1. The Morgan fingerprint density at radius 2 is 2.06 bits per heavy atom. The number of carbonyl (C=O) groups is 1. The van der Waals surface area contributed by atoms with Crippen LogP contribution in [-0.4, -0.2) is 23.9 Å². The number of benzene rings is 1. The fourth-order valence-corrected chi connectivity index (χ4v) is 2.62. The highest BCUT2D eigenvalue weighted by Crippen LogP contribution is 2.26. The van der Waals surface area contributed by atoms with E-state index in [0.29, 0.717) is 6.54 Å². The van der Waals surface area contributed by atoms with Gasteiger partial charge < -0.3 is 10.6 Å². The van der Waals surface area contributed by atoms with Gasteiger partial charge in [-0.1, -0.05) is 23.7 Å². The third-order valence-electron chi connectivity index (χ3n) is 3.53. The fourth-order valence-electron chi connectivity index (χ4n) is 2.49. The molecular formula is C14H19ClN2O. The van der Waals surface area contributed by atoms with Crippen molar-refractivity contribution in [3.05, 3.63) is 34.9 Å². The first-order chi connectivity index (χ1) is 8.56. The number of hydrogen-bond donors (Lipinski definition) is 1. The maximum absolute atomic E-state index is 12.2. The molecule has 0 aliphatic heterocycles. The third-order valence-corrected chi connectivity index (χ3v) is 3.78. The second-order valence-electron chi connectivity index (χ2n) is 5.09. The second kappa shape index (κ2) is 5.72. The Hall–Kier alpha value is -1.06. The summed E-state index contributed by atoms with van der Waals surface area (Å²) in [6.45, 7) is 0.627. The highest BCUT2D eigenvalue weighted by Gasteiger charge is 2.29. The lowest BCUT2D eigenvalue weighted by molar-refractivity contribution is -0.134. The van der Waals surface area contributed by atoms with Crippen molar-refractivity contribution in [1.82, 2.24) is 4.90 Å². The van der Waals surface area contributed by atoms with Crippen LogP contribution in [0.15, 0.2) is 24.3 Å². The first-order valence-electron chi connectivity index (χ1n) is 6.31. The Morgan fingerprint density at radius 1 is 1.39 bits per heavy atom. The SMILES string of the molecule is CN(Cc1ccc(Cl)cc1)C(=O)[C@H]1CC[C@H](N)C1. The first-order valence-corrected chi connectivity index (χ1v) is 6.69. The van der Waals surface area contributed by atoms with E-state index in [4.69, 9.17) is 17.3 Å². The van der Waals surface area contributed by atoms with Crippen molar-refractivity contribution in [2.75, 3.05) is 7.05 Å². The normalized spacial score (nSPS) is 23.1. The molecule has 98 valence electrons. The molecule has 0 heterocycles. The van der Waals surface area contributed by atoms with Gasteiger partial charge >= 0.3 is 0 Å². The first kappa shape index (κ1) is 13.4. The lowest BCUT2D eigenvalue weighted by Crippen LogP contribution is -2.32. The van der Waals surface area contributed by atoms with Crippen LogP contribution in [0.4, 0.5) is 0 Å². The van der Waals surface area contributed by atoms with Crippen molar-refractivity contribution in [1.29, 1.82) is 0 Å². The van der Waals surface area contributed by atoms with Gasteiger partial charge in [0.15, 0.2) is 0 Å². The molecule has 1 aliphatic rings. The average Bonchev–Trinajstić information content (AvgIpc) is 2.78. The molecule has 0 aromatic heterocycles. The van der Waals surface area contributed by atoms with Crippen LogP contribution in [-0.2, 0) is 11.3 Å². The third kappa shape index (κ3) is 3.24. The number of carbonyl (C=O) groups excluding carboxylic acids is 1. The molecule has 1 fully saturated rings. The van der Waals surface area contributed by atoms with Crippen molar-refractivity contribution in [2.24, 2.45) is 11.7 Å². The zero-order chi connectivity index (χ0) is 13.1. The predicted octanol–water partition coefficient (Wildman–Crippen LogP) is 2.43. The summed E-state index contributed by atoms with van der Waals surface area (Å²) in [5, 5.41) is 0.717. The molecule has 1 amide bonds. The summed E-state index contributed by atoms with van der Waals surface area (Å²) in [6.07, 6.45) is 2.71. The van der Waals surface area contributed by atoms with Gasteiger partial charge in [-0.15, -0.1) is 0 Å². The Labute approximate surface area is 113 Å². The smallest absolute Gasteiger partial charge is 0.225 e. The van der Waals surface area contributed by atoms with E-state index in [1.165, 1.54) is 0 Å². The molecule has 2 N–H and O–H groups in total. The average molecular weight is 267 g/mol. The summed E-state index contributed by atoms with van der Waals surface area (Å²) in [7, 11) is 1.85. The van der Waals surface area contributed by atoms with Crippen molar-refractivity contribution in [2.45, 2.75) is 31.8 Å². The molecular weight excluding hydrogens is 248 g/mol. The predicted molar refractivity (Wildman–Crippen MR) is 73.2 cm³/mol. The molecule has 18 heavy (non-hydrogen) atoms. The van der Waals surface area contributed by atoms with Gasteiger partial charge in [-0.05, 0) is 37.0 Å². The molecule has 0 spiro atoms. The molecule has 1 aromatic rings. The number of hydrogen-bond acceptors (Lipinski definition) is 2. The fraction of sp³-hybridized carbons (Fsp3) is 0.500. The van der Waals surface area contributed by atoms with E-state index in [-0.39, 0.29) is 17.9 Å². The van der Waals surface area contributed by atoms with E-state index in [1.54, 1.807) is 4.90 Å². The molecule has 2 rings (SSSR count). The molecule has 1 aliphatic carbocycles. The van der Waals surface area contributed by atoms with Gasteiger partial charge in [-0.2, -0.15) is 0 Å². The van der Waals surface area contributed by atoms with Gasteiger partial charge in [0.05, 0.1) is 0 Å². The molecule has 3 nitrogen and oxygen atoms in total. The standard InChI is InChI=1S/C14H19ClN2O/c1-17(9-10-2-5-12(15)6-3-10)14(18)11-4-7-13(16)8-11/h2-3,5-6,11,13H,4,7-9,16H2,1H3/t11-,13-/m0/s1. The molecule has 0 saturated heterocycles. The van der Waals surface area contributed by atoms with Crippen LogP contribution in [0.2, 0.25) is 5.02 Å². The summed E-state index contributed by atoms with van der Waals surface area (Å²) in [4.78, 5) is 14.0. The minimum Gasteiger partial charge on any atom is -0.341 e. The Morgan fingerprint density at radius 3 is 2.61 bits per heavy atom. The maximum atomic E-state index is 12.2. The minimum atomic E-state index is 0.109. The van der Waals surface area contributed by atoms with E-state index in [9.17, 15) is 4.79 Å². The highest BCUT2D eigenvalue weighted by atomic mass is 35.5. The van der Waals surface area contributed by atoms with E-state index in [2.05, 4.69) is 0 Å². The zero-order valence-corrected chi connectivity index (χ0v) is 11.4. The van der Waals surface area contributed by atoms with Crippen LogP contribution in [0.1, 0.15) is 24.8 Å². The van der Waals surface area contributed by atoms with Gasteiger partial charge in [-0.25, -0.2) is 0 Å². The number of rotatable bonds is 3. The number of nitrogens with two attached hydrogens (primary N) is 1. The molecule has 2 atom stereocenters. The van der Waals surface area contributed by atoms with Crippen LogP contribution in [0.25, 0.3) is 0 Å². The topological polar surface area (TPSA) is 46.3 Å². The van der Waals surface area contributed by atoms with Crippen LogP contribution in [0.5, 0.6) is 0 Å². The van der Waals surface area contributed by atoms with Crippen molar-refractivity contribution in [3.63, 3.8) is 0 Å². The van der Waals surface area contributed by atoms with Crippen LogP contribution in [0, 0.1) is 5.92 Å². The summed E-state index contributed by atoms with van der Waals surface area (Å²) in [5.74, 6) is 0.315.